The Morgan fingerprint density at radius 1 is 1.37 bits per heavy atom. The maximum Gasteiger partial charge on any atom is 0.288 e. The lowest BCUT2D eigenvalue weighted by Gasteiger charge is -2.14. The molecule has 0 aliphatic carbocycles. The summed E-state index contributed by atoms with van der Waals surface area (Å²) in [5, 5.41) is 5.77. The predicted molar refractivity (Wildman–Crippen MR) is 74.6 cm³/mol. The average molecular weight is 288 g/mol. The third-order valence-corrected chi connectivity index (χ3v) is 3.30. The van der Waals surface area contributed by atoms with Gasteiger partial charge in [-0.25, -0.2) is 0 Å². The normalized spacial score (nSPS) is 12.5. The second kappa shape index (κ2) is 8.12. The first-order valence-corrected chi connectivity index (χ1v) is 6.98. The molecular weight excluding hydrogens is 270 g/mol. The lowest BCUT2D eigenvalue weighted by molar-refractivity contribution is -0.119. The summed E-state index contributed by atoms with van der Waals surface area (Å²) in [5.41, 5.74) is 0.432. The molecule has 0 aliphatic rings. The van der Waals surface area contributed by atoms with Crippen molar-refractivity contribution in [2.75, 3.05) is 18.4 Å². The quantitative estimate of drug-likeness (QED) is 0.757. The lowest BCUT2D eigenvalue weighted by Crippen LogP contribution is -2.30. The largest absolute Gasteiger partial charge is 0.325 e. The highest BCUT2D eigenvalue weighted by Gasteiger charge is 2.15. The van der Waals surface area contributed by atoms with Crippen LogP contribution in [0.3, 0.4) is 0 Å². The molecule has 0 aromatic heterocycles. The standard InChI is InChI=1S/C13H18F2N2OS/c1-3-16-8-9(2)12(18)17-10-6-4-5-7-11(10)19-13(14)15/h4-7,9,13,16H,3,8H2,1-2H3,(H,17,18). The third kappa shape index (κ3) is 5.57. The molecule has 0 spiro atoms. The molecule has 1 rings (SSSR count). The van der Waals surface area contributed by atoms with Gasteiger partial charge in [-0.05, 0) is 18.7 Å². The number of carbonyl (C=O) groups is 1. The van der Waals surface area contributed by atoms with Crippen molar-refractivity contribution < 1.29 is 13.6 Å². The molecule has 6 heteroatoms. The van der Waals surface area contributed by atoms with Crippen LogP contribution in [0.1, 0.15) is 13.8 Å². The molecule has 1 unspecified atom stereocenters. The molecule has 1 aromatic carbocycles. The zero-order valence-corrected chi connectivity index (χ0v) is 11.8. The molecule has 2 N–H and O–H groups in total. The SMILES string of the molecule is CCNCC(C)C(=O)Nc1ccccc1SC(F)F. The maximum absolute atomic E-state index is 12.4. The van der Waals surface area contributed by atoms with Gasteiger partial charge in [-0.1, -0.05) is 37.7 Å². The number of alkyl halides is 2. The van der Waals surface area contributed by atoms with E-state index in [0.717, 1.165) is 6.54 Å². The molecule has 0 saturated carbocycles. The minimum atomic E-state index is -2.50. The molecule has 0 heterocycles. The summed E-state index contributed by atoms with van der Waals surface area (Å²) >= 11 is 0.433. The predicted octanol–water partition coefficient (Wildman–Crippen LogP) is 3.19. The Bertz CT molecular complexity index is 415. The summed E-state index contributed by atoms with van der Waals surface area (Å²) in [4.78, 5) is 12.3. The fourth-order valence-electron chi connectivity index (χ4n) is 1.48. The minimum absolute atomic E-state index is 0.178. The molecule has 1 atom stereocenters. The van der Waals surface area contributed by atoms with Crippen LogP contribution in [0.5, 0.6) is 0 Å². The van der Waals surface area contributed by atoms with Gasteiger partial charge in [-0.3, -0.25) is 4.79 Å². The Morgan fingerprint density at radius 3 is 2.68 bits per heavy atom. The number of nitrogens with one attached hydrogen (secondary N) is 2. The Hall–Kier alpha value is -1.14. The van der Waals surface area contributed by atoms with E-state index in [9.17, 15) is 13.6 Å². The first kappa shape index (κ1) is 15.9. The highest BCUT2D eigenvalue weighted by atomic mass is 32.2. The van der Waals surface area contributed by atoms with Crippen molar-refractivity contribution in [2.24, 2.45) is 5.92 Å². The minimum Gasteiger partial charge on any atom is -0.325 e. The van der Waals surface area contributed by atoms with Crippen molar-refractivity contribution in [3.05, 3.63) is 24.3 Å². The average Bonchev–Trinajstić information content (AvgIpc) is 2.37. The Balaban J connectivity index is 2.68. The van der Waals surface area contributed by atoms with Gasteiger partial charge in [-0.2, -0.15) is 8.78 Å². The number of para-hydroxylation sites is 1. The van der Waals surface area contributed by atoms with Crippen LogP contribution in [0.4, 0.5) is 14.5 Å². The monoisotopic (exact) mass is 288 g/mol. The summed E-state index contributed by atoms with van der Waals surface area (Å²) in [6.07, 6.45) is 0. The number of amides is 1. The van der Waals surface area contributed by atoms with Gasteiger partial charge in [0.05, 0.1) is 5.69 Å². The van der Waals surface area contributed by atoms with Crippen molar-refractivity contribution in [1.82, 2.24) is 5.32 Å². The molecule has 0 aliphatic heterocycles. The number of hydrogen-bond acceptors (Lipinski definition) is 3. The summed E-state index contributed by atoms with van der Waals surface area (Å²) in [6.45, 7) is 5.10. The fraction of sp³-hybridized carbons (Fsp3) is 0.462. The first-order chi connectivity index (χ1) is 9.04. The molecule has 0 bridgehead atoms. The fourth-order valence-corrected chi connectivity index (χ4v) is 2.07. The number of thioether (sulfide) groups is 1. The van der Waals surface area contributed by atoms with Crippen LogP contribution in [0.25, 0.3) is 0 Å². The first-order valence-electron chi connectivity index (χ1n) is 6.10. The third-order valence-electron chi connectivity index (χ3n) is 2.51. The van der Waals surface area contributed by atoms with Gasteiger partial charge in [0, 0.05) is 17.4 Å². The Labute approximate surface area is 116 Å². The van der Waals surface area contributed by atoms with Gasteiger partial charge in [0.15, 0.2) is 0 Å². The van der Waals surface area contributed by atoms with E-state index in [1.165, 1.54) is 0 Å². The van der Waals surface area contributed by atoms with Crippen LogP contribution in [-0.4, -0.2) is 24.8 Å². The van der Waals surface area contributed by atoms with Crippen LogP contribution in [0.2, 0.25) is 0 Å². The molecule has 19 heavy (non-hydrogen) atoms. The maximum atomic E-state index is 12.4. The zero-order chi connectivity index (χ0) is 14.3. The summed E-state index contributed by atoms with van der Waals surface area (Å²) < 4.78 is 24.8. The number of halogens is 2. The van der Waals surface area contributed by atoms with Crippen LogP contribution in [0, 0.1) is 5.92 Å². The topological polar surface area (TPSA) is 41.1 Å². The highest BCUT2D eigenvalue weighted by Crippen LogP contribution is 2.31. The van der Waals surface area contributed by atoms with Gasteiger partial charge in [0.25, 0.3) is 5.76 Å². The second-order valence-electron chi connectivity index (χ2n) is 4.07. The van der Waals surface area contributed by atoms with Crippen LogP contribution >= 0.6 is 11.8 Å². The Morgan fingerprint density at radius 2 is 2.05 bits per heavy atom. The van der Waals surface area contributed by atoms with E-state index < -0.39 is 5.76 Å². The van der Waals surface area contributed by atoms with Crippen LogP contribution in [0.15, 0.2) is 29.2 Å². The summed E-state index contributed by atoms with van der Waals surface area (Å²) in [5.74, 6) is -2.90. The van der Waals surface area contributed by atoms with E-state index in [1.807, 2.05) is 6.92 Å². The number of benzene rings is 1. The van der Waals surface area contributed by atoms with E-state index in [-0.39, 0.29) is 11.8 Å². The van der Waals surface area contributed by atoms with Crippen molar-refractivity contribution >= 4 is 23.4 Å². The van der Waals surface area contributed by atoms with E-state index in [4.69, 9.17) is 0 Å². The van der Waals surface area contributed by atoms with Crippen molar-refractivity contribution in [1.29, 1.82) is 0 Å². The van der Waals surface area contributed by atoms with E-state index in [2.05, 4.69) is 10.6 Å². The molecule has 1 aromatic rings. The summed E-state index contributed by atoms with van der Waals surface area (Å²) in [6, 6.07) is 6.58. The van der Waals surface area contributed by atoms with Crippen LogP contribution < -0.4 is 10.6 Å². The van der Waals surface area contributed by atoms with Gasteiger partial charge >= 0.3 is 0 Å². The van der Waals surface area contributed by atoms with Gasteiger partial charge in [0.1, 0.15) is 0 Å². The highest BCUT2D eigenvalue weighted by molar-refractivity contribution is 7.99. The van der Waals surface area contributed by atoms with Crippen LogP contribution in [-0.2, 0) is 4.79 Å². The molecule has 0 saturated heterocycles. The van der Waals surface area contributed by atoms with E-state index >= 15 is 0 Å². The van der Waals surface area contributed by atoms with E-state index in [0.29, 0.717) is 28.9 Å². The molecule has 106 valence electrons. The number of rotatable bonds is 7. The number of carbonyl (C=O) groups excluding carboxylic acids is 1. The molecule has 1 amide bonds. The van der Waals surface area contributed by atoms with Gasteiger partial charge < -0.3 is 10.6 Å². The second-order valence-corrected chi connectivity index (χ2v) is 5.10. The van der Waals surface area contributed by atoms with Gasteiger partial charge in [0.2, 0.25) is 5.91 Å². The van der Waals surface area contributed by atoms with E-state index in [1.54, 1.807) is 31.2 Å². The lowest BCUT2D eigenvalue weighted by atomic mass is 10.1. The smallest absolute Gasteiger partial charge is 0.288 e. The molecule has 3 nitrogen and oxygen atoms in total. The molecule has 0 fully saturated rings. The molecular formula is C13H18F2N2OS. The van der Waals surface area contributed by atoms with Crippen molar-refractivity contribution in [2.45, 2.75) is 24.5 Å². The zero-order valence-electron chi connectivity index (χ0n) is 11.0. The number of hydrogen-bond donors (Lipinski definition) is 2. The number of anilines is 1. The molecule has 0 radical (unpaired) electrons. The Kier molecular flexibility index (Phi) is 6.80. The summed E-state index contributed by atoms with van der Waals surface area (Å²) in [7, 11) is 0. The van der Waals surface area contributed by atoms with Crippen molar-refractivity contribution in [3.63, 3.8) is 0 Å². The van der Waals surface area contributed by atoms with Crippen molar-refractivity contribution in [3.8, 4) is 0 Å². The van der Waals surface area contributed by atoms with Gasteiger partial charge in [-0.15, -0.1) is 0 Å².